The molecule has 58 valence electrons. The maximum Gasteiger partial charge on any atom is 0.240 e. The first-order valence-corrected chi connectivity index (χ1v) is 3.84. The van der Waals surface area contributed by atoms with Crippen molar-refractivity contribution in [1.82, 2.24) is 0 Å². The Morgan fingerprint density at radius 1 is 1.50 bits per heavy atom. The normalized spacial score (nSPS) is 8.33. The van der Waals surface area contributed by atoms with Gasteiger partial charge in [-0.2, -0.15) is 10.3 Å². The number of carbonyl (C=O) groups excluding carboxylic acids is 1. The number of hydrogen-bond donors (Lipinski definition) is 0. The minimum Gasteiger partial charge on any atom is -0.211 e. The molecule has 0 bridgehead atoms. The maximum absolute atomic E-state index is 9.90. The molecule has 0 aromatic heterocycles. The van der Waals surface area contributed by atoms with Crippen molar-refractivity contribution in [2.45, 2.75) is 0 Å². The van der Waals surface area contributed by atoms with E-state index in [1.165, 1.54) is 6.08 Å². The molecule has 0 N–H and O–H groups in total. The van der Waals surface area contributed by atoms with Crippen LogP contribution in [0.5, 0.6) is 0 Å². The predicted octanol–water partition coefficient (Wildman–Crippen LogP) is 2.29. The monoisotopic (exact) mass is 222 g/mol. The fourth-order valence-electron chi connectivity index (χ4n) is 0.716. The van der Waals surface area contributed by atoms with Crippen molar-refractivity contribution in [3.63, 3.8) is 0 Å². The average Bonchev–Trinajstić information content (AvgIpc) is 2.09. The van der Waals surface area contributed by atoms with Crippen LogP contribution in [0, 0.1) is 11.3 Å². The van der Waals surface area contributed by atoms with Gasteiger partial charge < -0.3 is 0 Å². The van der Waals surface area contributed by atoms with E-state index in [0.29, 0.717) is 15.7 Å². The van der Waals surface area contributed by atoms with Crippen molar-refractivity contribution in [1.29, 1.82) is 5.26 Å². The van der Waals surface area contributed by atoms with E-state index in [9.17, 15) is 4.79 Å². The molecule has 0 aliphatic heterocycles. The van der Waals surface area contributed by atoms with Gasteiger partial charge in [-0.25, -0.2) is 4.79 Å². The van der Waals surface area contributed by atoms with E-state index in [4.69, 9.17) is 5.26 Å². The summed E-state index contributed by atoms with van der Waals surface area (Å²) in [4.78, 5) is 13.3. The van der Waals surface area contributed by atoms with Crippen LogP contribution in [0.25, 0.3) is 0 Å². The molecule has 12 heavy (non-hydrogen) atoms. The van der Waals surface area contributed by atoms with E-state index in [0.717, 1.165) is 0 Å². The largest absolute Gasteiger partial charge is 0.240 e. The molecule has 0 unspecified atom stereocenters. The van der Waals surface area contributed by atoms with E-state index in [1.54, 1.807) is 18.2 Å². The topological polar surface area (TPSA) is 53.2 Å². The smallest absolute Gasteiger partial charge is 0.211 e. The lowest BCUT2D eigenvalue weighted by Gasteiger charge is -1.94. The molecule has 0 amide bonds. The first-order valence-electron chi connectivity index (χ1n) is 3.05. The molecule has 0 aliphatic carbocycles. The maximum atomic E-state index is 9.90. The highest BCUT2D eigenvalue weighted by atomic mass is 79.9. The van der Waals surface area contributed by atoms with Gasteiger partial charge in [0.15, 0.2) is 0 Å². The van der Waals surface area contributed by atoms with Crippen LogP contribution in [-0.4, -0.2) is 6.08 Å². The number of hydrogen-bond acceptors (Lipinski definition) is 3. The van der Waals surface area contributed by atoms with Crippen molar-refractivity contribution in [2.24, 2.45) is 4.99 Å². The van der Waals surface area contributed by atoms with Gasteiger partial charge in [0.05, 0.1) is 17.3 Å². The molecule has 1 aromatic rings. The van der Waals surface area contributed by atoms with Crippen LogP contribution in [0.2, 0.25) is 0 Å². The third-order valence-electron chi connectivity index (χ3n) is 1.24. The van der Waals surface area contributed by atoms with E-state index in [2.05, 4.69) is 20.9 Å². The quantitative estimate of drug-likeness (QED) is 0.541. The molecule has 0 spiro atoms. The van der Waals surface area contributed by atoms with Crippen LogP contribution >= 0.6 is 15.9 Å². The molecule has 0 heterocycles. The van der Waals surface area contributed by atoms with Gasteiger partial charge in [-0.05, 0) is 34.1 Å². The molecule has 0 radical (unpaired) electrons. The van der Waals surface area contributed by atoms with Crippen LogP contribution in [0.4, 0.5) is 5.69 Å². The van der Waals surface area contributed by atoms with E-state index in [-0.39, 0.29) is 0 Å². The Morgan fingerprint density at radius 3 is 2.75 bits per heavy atom. The van der Waals surface area contributed by atoms with E-state index < -0.39 is 0 Å². The Morgan fingerprint density at radius 2 is 2.25 bits per heavy atom. The van der Waals surface area contributed by atoms with Crippen molar-refractivity contribution < 1.29 is 4.79 Å². The zero-order valence-electron chi connectivity index (χ0n) is 5.91. The van der Waals surface area contributed by atoms with E-state index in [1.807, 2.05) is 6.07 Å². The van der Waals surface area contributed by atoms with Crippen molar-refractivity contribution in [3.8, 4) is 6.07 Å². The van der Waals surface area contributed by atoms with Crippen LogP contribution in [0.15, 0.2) is 27.7 Å². The fraction of sp³-hybridized carbons (Fsp3) is 0. The first-order chi connectivity index (χ1) is 5.77. The number of halogens is 1. The van der Waals surface area contributed by atoms with Gasteiger partial charge >= 0.3 is 0 Å². The molecule has 0 aliphatic rings. The lowest BCUT2D eigenvalue weighted by Crippen LogP contribution is -1.74. The average molecular weight is 223 g/mol. The lowest BCUT2D eigenvalue weighted by molar-refractivity contribution is 0.565. The number of aliphatic imine (C=N–C) groups is 1. The molecule has 1 rings (SSSR count). The molecule has 0 atom stereocenters. The summed E-state index contributed by atoms with van der Waals surface area (Å²) in [7, 11) is 0. The van der Waals surface area contributed by atoms with Gasteiger partial charge in [-0.15, -0.1) is 0 Å². The first kappa shape index (κ1) is 8.66. The summed E-state index contributed by atoms with van der Waals surface area (Å²) in [6, 6.07) is 6.72. The molecule has 4 heteroatoms. The molecule has 1 aromatic carbocycles. The number of benzene rings is 1. The Balaban J connectivity index is 3.22. The zero-order chi connectivity index (χ0) is 8.97. The highest BCUT2D eigenvalue weighted by Gasteiger charge is 1.98. The Hall–Kier alpha value is -1.43. The van der Waals surface area contributed by atoms with Gasteiger partial charge in [0.1, 0.15) is 0 Å². The van der Waals surface area contributed by atoms with Gasteiger partial charge in [0, 0.05) is 4.47 Å². The number of isocyanates is 1. The SMILES string of the molecule is N#Cc1ccc(N=C=O)c(Br)c1. The highest BCUT2D eigenvalue weighted by molar-refractivity contribution is 9.10. The van der Waals surface area contributed by atoms with Crippen LogP contribution < -0.4 is 0 Å². The number of rotatable bonds is 1. The van der Waals surface area contributed by atoms with Gasteiger partial charge in [0.2, 0.25) is 6.08 Å². The molecule has 0 saturated heterocycles. The second-order valence-electron chi connectivity index (χ2n) is 1.98. The summed E-state index contributed by atoms with van der Waals surface area (Å²) in [6.07, 6.45) is 1.42. The summed E-state index contributed by atoms with van der Waals surface area (Å²) in [5, 5.41) is 8.50. The van der Waals surface area contributed by atoms with Crippen molar-refractivity contribution in [2.75, 3.05) is 0 Å². The predicted molar refractivity (Wildman–Crippen MR) is 46.6 cm³/mol. The summed E-state index contributed by atoms with van der Waals surface area (Å²) in [5.74, 6) is 0. The highest BCUT2D eigenvalue weighted by Crippen LogP contribution is 2.25. The minimum absolute atomic E-state index is 0.476. The molecule has 0 fully saturated rings. The van der Waals surface area contributed by atoms with Crippen LogP contribution in [0.1, 0.15) is 5.56 Å². The van der Waals surface area contributed by atoms with Crippen molar-refractivity contribution >= 4 is 27.7 Å². The molecule has 3 nitrogen and oxygen atoms in total. The summed E-state index contributed by atoms with van der Waals surface area (Å²) >= 11 is 3.17. The second-order valence-corrected chi connectivity index (χ2v) is 2.84. The standard InChI is InChI=1S/C8H3BrN2O/c9-7-3-6(4-10)1-2-8(7)11-5-12/h1-3H. The minimum atomic E-state index is 0.476. The third kappa shape index (κ3) is 1.79. The molecular weight excluding hydrogens is 220 g/mol. The third-order valence-corrected chi connectivity index (χ3v) is 1.88. The summed E-state index contributed by atoms with van der Waals surface area (Å²) in [6.45, 7) is 0. The van der Waals surface area contributed by atoms with Gasteiger partial charge in [0.25, 0.3) is 0 Å². The molecule has 0 saturated carbocycles. The lowest BCUT2D eigenvalue weighted by atomic mass is 10.2. The van der Waals surface area contributed by atoms with Crippen LogP contribution in [-0.2, 0) is 4.79 Å². The number of nitrogens with zero attached hydrogens (tertiary/aromatic N) is 2. The van der Waals surface area contributed by atoms with Gasteiger partial charge in [-0.3, -0.25) is 0 Å². The summed E-state index contributed by atoms with van der Waals surface area (Å²) in [5.41, 5.74) is 0.996. The Labute approximate surface area is 77.5 Å². The summed E-state index contributed by atoms with van der Waals surface area (Å²) < 4.78 is 0.616. The Bertz CT molecular complexity index is 389. The molecular formula is C8H3BrN2O. The van der Waals surface area contributed by atoms with Crippen molar-refractivity contribution in [3.05, 3.63) is 28.2 Å². The number of nitriles is 1. The fourth-order valence-corrected chi connectivity index (χ4v) is 1.18. The van der Waals surface area contributed by atoms with E-state index >= 15 is 0 Å². The second kappa shape index (κ2) is 3.82. The Kier molecular flexibility index (Phi) is 2.76. The zero-order valence-corrected chi connectivity index (χ0v) is 7.50. The van der Waals surface area contributed by atoms with Crippen LogP contribution in [0.3, 0.4) is 0 Å². The van der Waals surface area contributed by atoms with Gasteiger partial charge in [-0.1, -0.05) is 0 Å².